The molecule has 3 aliphatic rings. The van der Waals surface area contributed by atoms with Crippen LogP contribution in [0.4, 0.5) is 0 Å². The van der Waals surface area contributed by atoms with Crippen LogP contribution in [0.5, 0.6) is 0 Å². The normalized spacial score (nSPS) is 47.9. The van der Waals surface area contributed by atoms with E-state index in [2.05, 4.69) is 25.3 Å². The van der Waals surface area contributed by atoms with E-state index in [1.807, 2.05) is 13.0 Å². The molecular weight excluding hydrogens is 280 g/mol. The van der Waals surface area contributed by atoms with Gasteiger partial charge in [0.15, 0.2) is 5.78 Å². The molecule has 0 aromatic carbocycles. The first-order chi connectivity index (χ1) is 10.5. The van der Waals surface area contributed by atoms with E-state index in [4.69, 9.17) is 4.74 Å². The maximum atomic E-state index is 12.9. The molecule has 2 aliphatic heterocycles. The van der Waals surface area contributed by atoms with E-state index in [0.717, 1.165) is 6.42 Å². The second kappa shape index (κ2) is 5.15. The molecule has 0 saturated carbocycles. The van der Waals surface area contributed by atoms with Crippen LogP contribution >= 0.6 is 0 Å². The van der Waals surface area contributed by atoms with Gasteiger partial charge in [-0.15, -0.1) is 13.2 Å². The van der Waals surface area contributed by atoms with Gasteiger partial charge < -0.3 is 14.9 Å². The largest absolute Gasteiger partial charge is 0.393 e. The molecule has 2 bridgehead atoms. The van der Waals surface area contributed by atoms with E-state index in [1.54, 1.807) is 6.08 Å². The summed E-state index contributed by atoms with van der Waals surface area (Å²) in [5.41, 5.74) is -1.92. The quantitative estimate of drug-likeness (QED) is 0.775. The van der Waals surface area contributed by atoms with E-state index in [0.29, 0.717) is 6.42 Å². The van der Waals surface area contributed by atoms with Gasteiger partial charge in [-0.25, -0.2) is 0 Å². The predicted octanol–water partition coefficient (Wildman–Crippen LogP) is 1.64. The molecule has 0 radical (unpaired) electrons. The SMILES string of the molecule is C=C[C@@H]1CC=C[C@@H]2C[C@]3(CO)O[C@]12[C@H]([C@@H](C)C=C)C(=O)[C@@H]3O. The first kappa shape index (κ1) is 15.7. The molecule has 7 atom stereocenters. The predicted molar refractivity (Wildman–Crippen MR) is 83.0 cm³/mol. The number of fused-ring (bicyclic) bond motifs is 1. The molecule has 2 saturated heterocycles. The third-order valence-electron chi connectivity index (χ3n) is 5.87. The van der Waals surface area contributed by atoms with Crippen molar-refractivity contribution < 1.29 is 19.7 Å². The minimum absolute atomic E-state index is 0.00935. The van der Waals surface area contributed by atoms with Crippen LogP contribution in [0, 0.1) is 23.7 Å². The lowest BCUT2D eigenvalue weighted by molar-refractivity contribution is -0.238. The smallest absolute Gasteiger partial charge is 0.170 e. The fourth-order valence-electron chi connectivity index (χ4n) is 4.76. The maximum Gasteiger partial charge on any atom is 0.170 e. The highest BCUT2D eigenvalue weighted by Crippen LogP contribution is 2.60. The number of Topliss-reactive ketones (excluding diaryl/α,β-unsaturated/α-hetero) is 1. The Morgan fingerprint density at radius 3 is 2.86 bits per heavy atom. The maximum absolute atomic E-state index is 12.9. The number of carbonyl (C=O) groups excluding carboxylic acids is 1. The minimum Gasteiger partial charge on any atom is -0.393 e. The Morgan fingerprint density at radius 2 is 2.27 bits per heavy atom. The highest BCUT2D eigenvalue weighted by molar-refractivity contribution is 5.90. The summed E-state index contributed by atoms with van der Waals surface area (Å²) in [4.78, 5) is 12.9. The summed E-state index contributed by atoms with van der Waals surface area (Å²) >= 11 is 0. The number of ether oxygens (including phenoxy) is 1. The summed E-state index contributed by atoms with van der Waals surface area (Å²) < 4.78 is 6.36. The first-order valence-electron chi connectivity index (χ1n) is 7.91. The van der Waals surface area contributed by atoms with Gasteiger partial charge in [-0.05, 0) is 18.8 Å². The molecule has 2 N–H and O–H groups in total. The van der Waals surface area contributed by atoms with Gasteiger partial charge in [-0.1, -0.05) is 31.2 Å². The van der Waals surface area contributed by atoms with E-state index in [1.165, 1.54) is 0 Å². The first-order valence-corrected chi connectivity index (χ1v) is 7.91. The lowest BCUT2D eigenvalue weighted by Gasteiger charge is -2.52. The summed E-state index contributed by atoms with van der Waals surface area (Å²) in [6.07, 6.45) is 7.67. The van der Waals surface area contributed by atoms with Gasteiger partial charge in [0.1, 0.15) is 11.7 Å². The molecule has 0 unspecified atom stereocenters. The Kier molecular flexibility index (Phi) is 3.67. The molecule has 3 rings (SSSR count). The van der Waals surface area contributed by atoms with Crippen LogP contribution in [0.2, 0.25) is 0 Å². The number of allylic oxidation sites excluding steroid dienone is 2. The van der Waals surface area contributed by atoms with Crippen molar-refractivity contribution in [2.45, 2.75) is 37.1 Å². The fourth-order valence-corrected chi connectivity index (χ4v) is 4.76. The average Bonchev–Trinajstić information content (AvgIpc) is 2.85. The third-order valence-corrected chi connectivity index (χ3v) is 5.87. The molecule has 22 heavy (non-hydrogen) atoms. The van der Waals surface area contributed by atoms with Crippen LogP contribution in [0.1, 0.15) is 19.8 Å². The standard InChI is InChI=1S/C18H24O4/c1-4-11(3)14-15(20)16(21)17(10-19)9-13-8-6-7-12(5-2)18(13,14)22-17/h4-6,8,11-14,16,19,21H,1-2,7,9-10H2,3H3/t11-,12+,13+,14+,16-,17+,18+/m0/s1. The number of aliphatic hydroxyl groups excluding tert-OH is 2. The Morgan fingerprint density at radius 1 is 1.55 bits per heavy atom. The van der Waals surface area contributed by atoms with Gasteiger partial charge >= 0.3 is 0 Å². The highest BCUT2D eigenvalue weighted by Gasteiger charge is 2.71. The Bertz CT molecular complexity index is 539. The van der Waals surface area contributed by atoms with Crippen LogP contribution in [-0.4, -0.2) is 39.9 Å². The van der Waals surface area contributed by atoms with Crippen molar-refractivity contribution in [1.29, 1.82) is 0 Å². The number of ketones is 1. The minimum atomic E-state index is -1.29. The zero-order valence-corrected chi connectivity index (χ0v) is 12.9. The lowest BCUT2D eigenvalue weighted by atomic mass is 9.61. The second-order valence-corrected chi connectivity index (χ2v) is 6.87. The van der Waals surface area contributed by atoms with Crippen LogP contribution in [0.3, 0.4) is 0 Å². The molecule has 0 aromatic heterocycles. The van der Waals surface area contributed by atoms with E-state index in [9.17, 15) is 15.0 Å². The summed E-state index contributed by atoms with van der Waals surface area (Å²) in [6.45, 7) is 9.32. The van der Waals surface area contributed by atoms with Crippen molar-refractivity contribution in [2.75, 3.05) is 6.61 Å². The van der Waals surface area contributed by atoms with Crippen LogP contribution in [-0.2, 0) is 9.53 Å². The average molecular weight is 304 g/mol. The van der Waals surface area contributed by atoms with Crippen LogP contribution in [0.25, 0.3) is 0 Å². The van der Waals surface area contributed by atoms with Crippen molar-refractivity contribution in [1.82, 2.24) is 0 Å². The molecular formula is C18H24O4. The second-order valence-electron chi connectivity index (χ2n) is 6.87. The number of carbonyl (C=O) groups is 1. The summed E-state index contributed by atoms with van der Waals surface area (Å²) in [7, 11) is 0. The van der Waals surface area contributed by atoms with Crippen molar-refractivity contribution in [3.8, 4) is 0 Å². The van der Waals surface area contributed by atoms with Gasteiger partial charge in [0.05, 0.1) is 18.1 Å². The molecule has 1 aliphatic carbocycles. The Hall–Kier alpha value is -1.23. The van der Waals surface area contributed by atoms with Crippen LogP contribution in [0.15, 0.2) is 37.5 Å². The number of rotatable bonds is 4. The van der Waals surface area contributed by atoms with Crippen molar-refractivity contribution in [2.24, 2.45) is 23.7 Å². The molecule has 1 spiro atoms. The zero-order valence-electron chi connectivity index (χ0n) is 12.9. The van der Waals surface area contributed by atoms with Crippen molar-refractivity contribution >= 4 is 5.78 Å². The number of hydrogen-bond acceptors (Lipinski definition) is 4. The summed E-state index contributed by atoms with van der Waals surface area (Å²) in [5.74, 6) is -0.851. The molecule has 120 valence electrons. The van der Waals surface area contributed by atoms with E-state index >= 15 is 0 Å². The molecule has 4 nitrogen and oxygen atoms in total. The monoisotopic (exact) mass is 304 g/mol. The van der Waals surface area contributed by atoms with E-state index in [-0.39, 0.29) is 30.1 Å². The molecule has 0 aromatic rings. The number of aliphatic hydroxyl groups is 2. The fraction of sp³-hybridized carbons (Fsp3) is 0.611. The van der Waals surface area contributed by atoms with Crippen molar-refractivity contribution in [3.63, 3.8) is 0 Å². The van der Waals surface area contributed by atoms with Gasteiger partial charge in [-0.2, -0.15) is 0 Å². The van der Waals surface area contributed by atoms with Gasteiger partial charge in [0.2, 0.25) is 0 Å². The highest BCUT2D eigenvalue weighted by atomic mass is 16.6. The molecule has 0 amide bonds. The Balaban J connectivity index is 2.20. The lowest BCUT2D eigenvalue weighted by Crippen LogP contribution is -2.65. The van der Waals surface area contributed by atoms with Gasteiger partial charge in [0.25, 0.3) is 0 Å². The molecule has 4 heteroatoms. The van der Waals surface area contributed by atoms with Gasteiger partial charge in [0, 0.05) is 11.8 Å². The van der Waals surface area contributed by atoms with Crippen molar-refractivity contribution in [3.05, 3.63) is 37.5 Å². The van der Waals surface area contributed by atoms with E-state index < -0.39 is 23.2 Å². The Labute approximate surface area is 131 Å². The number of hydrogen-bond donors (Lipinski definition) is 2. The summed E-state index contributed by atoms with van der Waals surface area (Å²) in [5, 5.41) is 20.3. The van der Waals surface area contributed by atoms with Gasteiger partial charge in [-0.3, -0.25) is 4.79 Å². The molecule has 2 fully saturated rings. The topological polar surface area (TPSA) is 66.8 Å². The molecule has 2 heterocycles. The van der Waals surface area contributed by atoms with Crippen LogP contribution < -0.4 is 0 Å². The third kappa shape index (κ3) is 1.72. The summed E-state index contributed by atoms with van der Waals surface area (Å²) in [6, 6.07) is 0. The zero-order chi connectivity index (χ0) is 16.1.